The molecule has 0 aliphatic carbocycles. The lowest BCUT2D eigenvalue weighted by Crippen LogP contribution is -2.50. The summed E-state index contributed by atoms with van der Waals surface area (Å²) >= 11 is 0. The van der Waals surface area contributed by atoms with Crippen LogP contribution in [-0.2, 0) is 4.74 Å². The molecule has 0 unspecified atom stereocenters. The Labute approximate surface area is 268 Å². The lowest BCUT2D eigenvalue weighted by molar-refractivity contribution is 0.0973. The number of terminal acetylenes is 1. The van der Waals surface area contributed by atoms with Crippen LogP contribution >= 0.6 is 0 Å². The van der Waals surface area contributed by atoms with E-state index in [9.17, 15) is 9.50 Å². The zero-order valence-electron chi connectivity index (χ0n) is 26.2. The van der Waals surface area contributed by atoms with Gasteiger partial charge in [0, 0.05) is 53.8 Å². The Morgan fingerprint density at radius 1 is 1.13 bits per heavy atom. The molecule has 0 saturated carbocycles. The van der Waals surface area contributed by atoms with Gasteiger partial charge < -0.3 is 25.2 Å². The van der Waals surface area contributed by atoms with Gasteiger partial charge in [0.2, 0.25) is 0 Å². The van der Waals surface area contributed by atoms with Crippen LogP contribution in [0.3, 0.4) is 0 Å². The summed E-state index contributed by atoms with van der Waals surface area (Å²) < 4.78 is 26.9. The van der Waals surface area contributed by atoms with Gasteiger partial charge in [-0.1, -0.05) is 24.1 Å². The van der Waals surface area contributed by atoms with Gasteiger partial charge >= 0.3 is 6.01 Å². The van der Waals surface area contributed by atoms with Crippen LogP contribution < -0.4 is 15.4 Å². The Bertz CT molecular complexity index is 1870. The zero-order chi connectivity index (χ0) is 31.6. The van der Waals surface area contributed by atoms with Crippen molar-refractivity contribution in [2.45, 2.75) is 62.9 Å². The smallest absolute Gasteiger partial charge is 0.319 e. The van der Waals surface area contributed by atoms with E-state index >= 15 is 0 Å². The first-order valence-corrected chi connectivity index (χ1v) is 16.5. The Morgan fingerprint density at radius 2 is 1.98 bits per heavy atom. The van der Waals surface area contributed by atoms with Crippen molar-refractivity contribution >= 4 is 27.5 Å². The van der Waals surface area contributed by atoms with Crippen LogP contribution in [-0.4, -0.2) is 83.2 Å². The molecule has 5 heterocycles. The third-order valence-electron chi connectivity index (χ3n) is 11.2. The maximum atomic E-state index is 14.5. The standard InChI is InChI=1S/C37H40FN5O3/c1-3-24-6-4-7-26-16-28(44)18-30(32(24)26)25-8-9-29-31(17-25)40-35(46-22-37-10-5-13-43(37)20-27(38)19-37)41-34(29)42-14-11-36(12-15-42)21-45-23(2)33(36)39/h1,4,6-9,16-18,23,27,33,44H,5,10-15,19-22,39H2,2H3/t23-,27+,33+,37-/m0/s1. The first-order valence-electron chi connectivity index (χ1n) is 16.5. The lowest BCUT2D eigenvalue weighted by atomic mass is 9.73. The number of phenols is 1. The van der Waals surface area contributed by atoms with Crippen molar-refractivity contribution in [3.05, 3.63) is 54.1 Å². The molecule has 1 spiro atoms. The number of hydrogen-bond acceptors (Lipinski definition) is 8. The molecular weight excluding hydrogens is 581 g/mol. The minimum Gasteiger partial charge on any atom is -0.508 e. The van der Waals surface area contributed by atoms with E-state index in [0.717, 1.165) is 89.5 Å². The number of nitrogens with zero attached hydrogens (tertiary/aromatic N) is 4. The highest BCUT2D eigenvalue weighted by Crippen LogP contribution is 2.44. The number of phenolic OH excluding ortho intramolecular Hbond substituents is 1. The van der Waals surface area contributed by atoms with Crippen LogP contribution in [0.1, 0.15) is 44.6 Å². The molecule has 238 valence electrons. The van der Waals surface area contributed by atoms with E-state index in [1.807, 2.05) is 30.3 Å². The van der Waals surface area contributed by atoms with Crippen LogP contribution in [0, 0.1) is 17.8 Å². The number of fused-ring (bicyclic) bond motifs is 3. The third kappa shape index (κ3) is 4.77. The van der Waals surface area contributed by atoms with Gasteiger partial charge in [0.15, 0.2) is 0 Å². The average molecular weight is 622 g/mol. The summed E-state index contributed by atoms with van der Waals surface area (Å²) in [7, 11) is 0. The monoisotopic (exact) mass is 621 g/mol. The van der Waals surface area contributed by atoms with Crippen molar-refractivity contribution in [2.24, 2.45) is 11.1 Å². The Balaban J connectivity index is 1.20. The van der Waals surface area contributed by atoms with Gasteiger partial charge in [-0.05, 0) is 86.0 Å². The van der Waals surface area contributed by atoms with E-state index in [-0.39, 0.29) is 28.8 Å². The van der Waals surface area contributed by atoms with E-state index in [0.29, 0.717) is 32.2 Å². The molecule has 0 amide bonds. The van der Waals surface area contributed by atoms with E-state index in [1.165, 1.54) is 0 Å². The van der Waals surface area contributed by atoms with E-state index in [1.54, 1.807) is 12.1 Å². The lowest BCUT2D eigenvalue weighted by Gasteiger charge is -2.41. The average Bonchev–Trinajstić information content (AvgIpc) is 3.68. The van der Waals surface area contributed by atoms with Gasteiger partial charge in [-0.25, -0.2) is 4.39 Å². The van der Waals surface area contributed by atoms with E-state index in [2.05, 4.69) is 28.7 Å². The van der Waals surface area contributed by atoms with E-state index in [4.69, 9.17) is 31.6 Å². The molecule has 4 saturated heterocycles. The molecule has 46 heavy (non-hydrogen) atoms. The number of aromatic nitrogens is 2. The maximum Gasteiger partial charge on any atom is 0.319 e. The molecule has 9 heteroatoms. The number of anilines is 1. The van der Waals surface area contributed by atoms with Crippen LogP contribution in [0.4, 0.5) is 10.2 Å². The third-order valence-corrected chi connectivity index (χ3v) is 11.2. The molecule has 8 nitrogen and oxygen atoms in total. The molecule has 0 radical (unpaired) electrons. The number of halogens is 1. The van der Waals surface area contributed by atoms with Crippen molar-refractivity contribution in [3.63, 3.8) is 0 Å². The van der Waals surface area contributed by atoms with Crippen LogP contribution in [0.5, 0.6) is 11.8 Å². The molecule has 3 N–H and O–H groups in total. The fraction of sp³-hybridized carbons (Fsp3) is 0.459. The minimum atomic E-state index is -0.834. The predicted molar refractivity (Wildman–Crippen MR) is 178 cm³/mol. The van der Waals surface area contributed by atoms with Gasteiger partial charge in [0.25, 0.3) is 0 Å². The van der Waals surface area contributed by atoms with Crippen molar-refractivity contribution < 1.29 is 19.0 Å². The van der Waals surface area contributed by atoms with Crippen LogP contribution in [0.15, 0.2) is 48.5 Å². The van der Waals surface area contributed by atoms with Crippen molar-refractivity contribution in [1.82, 2.24) is 14.9 Å². The van der Waals surface area contributed by atoms with Crippen LogP contribution in [0.2, 0.25) is 0 Å². The van der Waals surface area contributed by atoms with Crippen molar-refractivity contribution in [3.8, 4) is 35.2 Å². The topological polar surface area (TPSA) is 97.0 Å². The number of rotatable bonds is 5. The molecule has 3 aromatic carbocycles. The predicted octanol–water partition coefficient (Wildman–Crippen LogP) is 5.42. The number of aromatic hydroxyl groups is 1. The summed E-state index contributed by atoms with van der Waals surface area (Å²) in [5, 5.41) is 13.3. The highest BCUT2D eigenvalue weighted by Gasteiger charge is 2.50. The molecule has 4 aliphatic rings. The van der Waals surface area contributed by atoms with Crippen molar-refractivity contribution in [2.75, 3.05) is 44.3 Å². The SMILES string of the molecule is C#Cc1cccc2cc(O)cc(-c3ccc4c(N5CCC6(CC5)CO[C@@H](C)[C@H]6N)nc(OC[C@@]56CCCN5C[C@H](F)C6)nc4c3)c12. The number of alkyl halides is 1. The van der Waals surface area contributed by atoms with Crippen LogP contribution in [0.25, 0.3) is 32.8 Å². The molecular formula is C37H40FN5O3. The Hall–Kier alpha value is -3.97. The normalized spacial score (nSPS) is 27.4. The highest BCUT2D eigenvalue weighted by molar-refractivity contribution is 6.03. The Morgan fingerprint density at radius 3 is 2.76 bits per heavy atom. The molecule has 0 bridgehead atoms. The van der Waals surface area contributed by atoms with Crippen molar-refractivity contribution in [1.29, 1.82) is 0 Å². The summed E-state index contributed by atoms with van der Waals surface area (Å²) in [4.78, 5) is 14.5. The fourth-order valence-electron chi connectivity index (χ4n) is 8.61. The number of hydrogen-bond donors (Lipinski definition) is 2. The molecule has 4 atom stereocenters. The highest BCUT2D eigenvalue weighted by atomic mass is 19.1. The largest absolute Gasteiger partial charge is 0.508 e. The summed E-state index contributed by atoms with van der Waals surface area (Å²) in [5.74, 6) is 3.79. The second-order valence-corrected chi connectivity index (χ2v) is 13.9. The number of benzene rings is 3. The Kier molecular flexibility index (Phi) is 7.09. The fourth-order valence-corrected chi connectivity index (χ4v) is 8.61. The van der Waals surface area contributed by atoms with E-state index < -0.39 is 6.17 Å². The summed E-state index contributed by atoms with van der Waals surface area (Å²) in [6, 6.07) is 15.7. The molecule has 4 aliphatic heterocycles. The second-order valence-electron chi connectivity index (χ2n) is 13.9. The first-order chi connectivity index (χ1) is 22.3. The quantitative estimate of drug-likeness (QED) is 0.285. The minimum absolute atomic E-state index is 0.0163. The number of nitrogens with two attached hydrogens (primary N) is 1. The molecule has 4 aromatic rings. The summed E-state index contributed by atoms with van der Waals surface area (Å²) in [5.41, 5.74) is 9.50. The van der Waals surface area contributed by atoms with Gasteiger partial charge in [-0.3, -0.25) is 4.90 Å². The maximum absolute atomic E-state index is 14.5. The summed E-state index contributed by atoms with van der Waals surface area (Å²) in [6.45, 7) is 6.06. The number of ether oxygens (including phenoxy) is 2. The summed E-state index contributed by atoms with van der Waals surface area (Å²) in [6.07, 6.45) is 9.39. The zero-order valence-corrected chi connectivity index (χ0v) is 26.2. The second kappa shape index (κ2) is 11.1. The van der Waals surface area contributed by atoms with Gasteiger partial charge in [0.1, 0.15) is 24.3 Å². The van der Waals surface area contributed by atoms with Gasteiger partial charge in [-0.2, -0.15) is 9.97 Å². The molecule has 4 fully saturated rings. The number of piperidine rings is 1. The molecule has 8 rings (SSSR count). The first kappa shape index (κ1) is 29.4. The van der Waals surface area contributed by atoms with Gasteiger partial charge in [-0.15, -0.1) is 6.42 Å². The van der Waals surface area contributed by atoms with Gasteiger partial charge in [0.05, 0.1) is 23.8 Å². The molecule has 1 aromatic heterocycles.